The van der Waals surface area contributed by atoms with Crippen molar-refractivity contribution in [3.63, 3.8) is 0 Å². The molecule has 244 valence electrons. The lowest BCUT2D eigenvalue weighted by molar-refractivity contribution is -0.138. The Kier molecular flexibility index (Phi) is 10.2. The summed E-state index contributed by atoms with van der Waals surface area (Å²) in [6.07, 6.45) is -2.11. The number of rotatable bonds is 7. The molecule has 4 aromatic rings. The molecule has 1 fully saturated rings. The average molecular weight is 656 g/mol. The molecule has 10 heteroatoms. The first-order valence-corrected chi connectivity index (χ1v) is 16.2. The minimum Gasteiger partial charge on any atom is -0.299 e. The summed E-state index contributed by atoms with van der Waals surface area (Å²) in [4.78, 5) is 30.4. The third kappa shape index (κ3) is 6.86. The zero-order chi connectivity index (χ0) is 33.1. The molecular weight excluding hydrogens is 618 g/mol. The summed E-state index contributed by atoms with van der Waals surface area (Å²) in [5.74, 6) is -1.04. The fourth-order valence-corrected chi connectivity index (χ4v) is 7.15. The van der Waals surface area contributed by atoms with Crippen LogP contribution in [-0.2, 0) is 44.1 Å². The number of piperidine rings is 1. The predicted octanol–water partition coefficient (Wildman–Crippen LogP) is 7.62. The van der Waals surface area contributed by atoms with Gasteiger partial charge in [0.2, 0.25) is 0 Å². The number of likely N-dealkylation sites (tertiary alicyclic amines) is 1. The molecule has 1 saturated heterocycles. The molecule has 6 rings (SSSR count). The molecule has 46 heavy (non-hydrogen) atoms. The number of nitrogens with zero attached hydrogens (tertiary/aromatic N) is 3. The van der Waals surface area contributed by atoms with Gasteiger partial charge < -0.3 is 0 Å². The summed E-state index contributed by atoms with van der Waals surface area (Å²) in [7, 11) is 0. The zero-order valence-corrected chi connectivity index (χ0v) is 26.8. The molecule has 2 aliphatic rings. The Morgan fingerprint density at radius 3 is 2.17 bits per heavy atom. The van der Waals surface area contributed by atoms with Crippen molar-refractivity contribution in [1.82, 2.24) is 14.0 Å². The molecule has 0 bridgehead atoms. The van der Waals surface area contributed by atoms with E-state index in [9.17, 15) is 27.2 Å². The molecule has 0 amide bonds. The third-order valence-corrected chi connectivity index (χ3v) is 9.46. The molecule has 1 spiro atoms. The monoisotopic (exact) mass is 655 g/mol. The molecule has 0 atom stereocenters. The molecule has 0 unspecified atom stereocenters. The summed E-state index contributed by atoms with van der Waals surface area (Å²) < 4.78 is 59.2. The largest absolute Gasteiger partial charge is 0.416 e. The fourth-order valence-electron chi connectivity index (χ4n) is 6.94. The maximum atomic E-state index is 15.0. The predicted molar refractivity (Wildman–Crippen MR) is 173 cm³/mol. The van der Waals surface area contributed by atoms with E-state index < -0.39 is 40.8 Å². The van der Waals surface area contributed by atoms with E-state index in [0.717, 1.165) is 33.9 Å². The van der Waals surface area contributed by atoms with Crippen molar-refractivity contribution in [2.24, 2.45) is 0 Å². The van der Waals surface area contributed by atoms with Gasteiger partial charge in [-0.1, -0.05) is 74.0 Å². The second-order valence-electron chi connectivity index (χ2n) is 11.8. The van der Waals surface area contributed by atoms with Crippen LogP contribution in [-0.4, -0.2) is 27.1 Å². The lowest BCUT2D eigenvalue weighted by Crippen LogP contribution is -2.48. The fraction of sp³-hybridized carbons (Fsp3) is 0.389. The number of alkyl halides is 3. The van der Waals surface area contributed by atoms with Crippen molar-refractivity contribution in [2.75, 3.05) is 13.1 Å². The smallest absolute Gasteiger partial charge is 0.299 e. The van der Waals surface area contributed by atoms with E-state index in [-0.39, 0.29) is 12.1 Å². The van der Waals surface area contributed by atoms with Crippen LogP contribution < -0.4 is 11.2 Å². The van der Waals surface area contributed by atoms with Gasteiger partial charge in [0.05, 0.1) is 12.1 Å². The van der Waals surface area contributed by atoms with Crippen LogP contribution in [0.5, 0.6) is 0 Å². The topological polar surface area (TPSA) is 47.2 Å². The van der Waals surface area contributed by atoms with Crippen molar-refractivity contribution in [3.05, 3.63) is 138 Å². The molecule has 1 aromatic heterocycles. The lowest BCUT2D eigenvalue weighted by Gasteiger charge is -2.40. The molecule has 1 aliphatic heterocycles. The quantitative estimate of drug-likeness (QED) is 0.193. The normalized spacial score (nSPS) is 15.8. The van der Waals surface area contributed by atoms with Crippen molar-refractivity contribution in [3.8, 4) is 0 Å². The van der Waals surface area contributed by atoms with Gasteiger partial charge >= 0.3 is 11.9 Å². The highest BCUT2D eigenvalue weighted by molar-refractivity contribution is 6.30. The van der Waals surface area contributed by atoms with E-state index in [4.69, 9.17) is 11.6 Å². The highest BCUT2D eigenvalue weighted by Gasteiger charge is 2.45. The molecule has 1 aliphatic carbocycles. The number of hydrogen-bond donors (Lipinski definition) is 0. The molecule has 5 nitrogen and oxygen atoms in total. The van der Waals surface area contributed by atoms with Crippen LogP contribution in [0, 0.1) is 5.82 Å². The molecular formula is C36H38ClF4N3O2. The van der Waals surface area contributed by atoms with Crippen LogP contribution in [0.15, 0.2) is 82.4 Å². The van der Waals surface area contributed by atoms with E-state index in [1.165, 1.54) is 4.57 Å². The minimum atomic E-state index is -4.80. The second kappa shape index (κ2) is 14.0. The van der Waals surface area contributed by atoms with Crippen LogP contribution in [0.3, 0.4) is 0 Å². The van der Waals surface area contributed by atoms with Crippen LogP contribution in [0.2, 0.25) is 5.02 Å². The molecule has 2 heterocycles. The first-order chi connectivity index (χ1) is 22.1. The van der Waals surface area contributed by atoms with Crippen LogP contribution in [0.25, 0.3) is 0 Å². The summed E-state index contributed by atoms with van der Waals surface area (Å²) >= 11 is 6.17. The third-order valence-electron chi connectivity index (χ3n) is 9.22. The number of halogens is 5. The minimum absolute atomic E-state index is 0.0648. The summed E-state index contributed by atoms with van der Waals surface area (Å²) in [5, 5.41) is 0.665. The van der Waals surface area contributed by atoms with Gasteiger partial charge in [0.15, 0.2) is 0 Å². The maximum absolute atomic E-state index is 15.0. The standard InChI is InChI=1S/C34H32ClF4N3O2.C2H6/c35-25-9-4-8-24(20-25)21-40-18-15-33(16-19-40)14-12-29-30(33)31(43)41(17-13-23-6-2-1-3-7-23)32(44)42(29)22-26-27(34(37,38)39)10-5-11-28(26)36;1-2/h1-11,20H,12-19,21-22H2;1-2H3. The van der Waals surface area contributed by atoms with Gasteiger partial charge in [0.25, 0.3) is 5.56 Å². The Morgan fingerprint density at radius 2 is 1.50 bits per heavy atom. The van der Waals surface area contributed by atoms with Gasteiger partial charge in [-0.25, -0.2) is 9.18 Å². The lowest BCUT2D eigenvalue weighted by atomic mass is 9.74. The summed E-state index contributed by atoms with van der Waals surface area (Å²) in [6.45, 7) is 5.58. The van der Waals surface area contributed by atoms with Gasteiger partial charge in [-0.05, 0) is 80.6 Å². The second-order valence-corrected chi connectivity index (χ2v) is 12.3. The van der Waals surface area contributed by atoms with Gasteiger partial charge in [0, 0.05) is 40.3 Å². The number of hydrogen-bond acceptors (Lipinski definition) is 3. The van der Waals surface area contributed by atoms with Gasteiger partial charge in [0.1, 0.15) is 5.82 Å². The molecule has 0 N–H and O–H groups in total. The van der Waals surface area contributed by atoms with Crippen LogP contribution in [0.1, 0.15) is 66.6 Å². The Hall–Kier alpha value is -3.69. The summed E-state index contributed by atoms with van der Waals surface area (Å²) in [5.41, 5.74) is -0.404. The van der Waals surface area contributed by atoms with E-state index in [1.54, 1.807) is 0 Å². The van der Waals surface area contributed by atoms with Crippen molar-refractivity contribution in [2.45, 2.75) is 77.2 Å². The molecule has 0 radical (unpaired) electrons. The van der Waals surface area contributed by atoms with Gasteiger partial charge in [-0.3, -0.25) is 18.8 Å². The van der Waals surface area contributed by atoms with Gasteiger partial charge in [-0.2, -0.15) is 13.2 Å². The Bertz CT molecular complexity index is 1790. The first kappa shape index (κ1) is 33.7. The Labute approximate surface area is 271 Å². The molecule has 0 saturated carbocycles. The van der Waals surface area contributed by atoms with E-state index in [0.29, 0.717) is 68.0 Å². The van der Waals surface area contributed by atoms with E-state index >= 15 is 0 Å². The maximum Gasteiger partial charge on any atom is 0.416 e. The zero-order valence-electron chi connectivity index (χ0n) is 26.0. The number of benzene rings is 3. The Balaban J connectivity index is 0.00000204. The van der Waals surface area contributed by atoms with E-state index in [1.807, 2.05) is 68.4 Å². The number of fused-ring (bicyclic) bond motifs is 2. The molecule has 3 aromatic carbocycles. The van der Waals surface area contributed by atoms with Crippen molar-refractivity contribution in [1.29, 1.82) is 0 Å². The highest BCUT2D eigenvalue weighted by atomic mass is 35.5. The number of aryl methyl sites for hydroxylation is 1. The average Bonchev–Trinajstić information content (AvgIpc) is 3.40. The van der Waals surface area contributed by atoms with Crippen molar-refractivity contribution >= 4 is 11.6 Å². The van der Waals surface area contributed by atoms with Crippen LogP contribution in [0.4, 0.5) is 17.6 Å². The van der Waals surface area contributed by atoms with E-state index in [2.05, 4.69) is 4.90 Å². The van der Waals surface area contributed by atoms with Gasteiger partial charge in [-0.15, -0.1) is 0 Å². The number of aromatic nitrogens is 2. The van der Waals surface area contributed by atoms with Crippen molar-refractivity contribution < 1.29 is 17.6 Å². The Morgan fingerprint density at radius 1 is 0.826 bits per heavy atom. The highest BCUT2D eigenvalue weighted by Crippen LogP contribution is 2.45. The SMILES string of the molecule is CC.O=c1c2c(n(Cc3c(F)cccc3C(F)(F)F)c(=O)n1CCc1ccccc1)CCC21CCN(Cc2cccc(Cl)c2)CC1. The first-order valence-electron chi connectivity index (χ1n) is 15.8. The summed E-state index contributed by atoms with van der Waals surface area (Å²) in [6, 6.07) is 19.9. The van der Waals surface area contributed by atoms with Crippen LogP contribution >= 0.6 is 11.6 Å².